The van der Waals surface area contributed by atoms with E-state index in [4.69, 9.17) is 33.2 Å². The van der Waals surface area contributed by atoms with Crippen molar-refractivity contribution in [2.45, 2.75) is 13.8 Å². The quantitative estimate of drug-likeness (QED) is 0.185. The number of amides is 2. The number of nitrogens with zero attached hydrogens (tertiary/aromatic N) is 4. The smallest absolute Gasteiger partial charge is 0.423 e. The van der Waals surface area contributed by atoms with Crippen LogP contribution in [0.1, 0.15) is 13.8 Å². The second-order valence-electron chi connectivity index (χ2n) is 6.80. The van der Waals surface area contributed by atoms with E-state index in [9.17, 15) is 18.4 Å². The van der Waals surface area contributed by atoms with Crippen molar-refractivity contribution in [3.05, 3.63) is 61.1 Å². The van der Waals surface area contributed by atoms with E-state index in [0.29, 0.717) is 22.2 Å². The molecule has 4 rings (SSSR count). The van der Waals surface area contributed by atoms with Crippen LogP contribution in [0.25, 0.3) is 10.6 Å². The van der Waals surface area contributed by atoms with Crippen molar-refractivity contribution in [3.8, 4) is 10.6 Å². The van der Waals surface area contributed by atoms with Crippen LogP contribution in [0.15, 0.2) is 39.2 Å². The van der Waals surface area contributed by atoms with Crippen LogP contribution in [-0.2, 0) is 9.59 Å². The molecule has 4 aromatic heterocycles. The molecular formula is C20H16BBrCl2F2N6O4S2. The molecular weight excluding hydrogens is 652 g/mol. The summed E-state index contributed by atoms with van der Waals surface area (Å²) in [6.07, 6.45) is 2.53. The molecule has 4 aromatic rings. The zero-order valence-electron chi connectivity index (χ0n) is 19.2. The maximum atomic E-state index is 13.2. The van der Waals surface area contributed by atoms with Crippen LogP contribution in [0.5, 0.6) is 0 Å². The van der Waals surface area contributed by atoms with Crippen molar-refractivity contribution >= 4 is 97.8 Å². The maximum Gasteiger partial charge on any atom is 0.490 e. The molecule has 0 atom stereocenters. The lowest BCUT2D eigenvalue weighted by molar-refractivity contribution is -0.115. The van der Waals surface area contributed by atoms with Gasteiger partial charge < -0.3 is 20.7 Å². The van der Waals surface area contributed by atoms with Gasteiger partial charge in [-0.3, -0.25) is 9.59 Å². The minimum Gasteiger partial charge on any atom is -0.423 e. The molecule has 0 aromatic carbocycles. The first kappa shape index (κ1) is 31.6. The van der Waals surface area contributed by atoms with E-state index >= 15 is 0 Å². The number of pyridine rings is 2. The van der Waals surface area contributed by atoms with Gasteiger partial charge in [0, 0.05) is 48.0 Å². The third-order valence-electron chi connectivity index (χ3n) is 3.75. The zero-order valence-corrected chi connectivity index (χ0v) is 24.0. The summed E-state index contributed by atoms with van der Waals surface area (Å²) in [6, 6.07) is 2.17. The fraction of sp³-hybridized carbons (Fsp3) is 0.100. The van der Waals surface area contributed by atoms with Gasteiger partial charge in [0.25, 0.3) is 0 Å². The van der Waals surface area contributed by atoms with Gasteiger partial charge in [-0.2, -0.15) is 0 Å². The summed E-state index contributed by atoms with van der Waals surface area (Å²) in [7, 11) is -1.71. The number of hydrogen-bond donors (Lipinski definition) is 4. The number of nitrogens with one attached hydrogen (secondary N) is 2. The molecule has 2 amide bonds. The highest BCUT2D eigenvalue weighted by Gasteiger charge is 2.13. The summed E-state index contributed by atoms with van der Waals surface area (Å²) >= 11 is 16.6. The van der Waals surface area contributed by atoms with Gasteiger partial charge in [-0.15, -0.1) is 22.7 Å². The van der Waals surface area contributed by atoms with Gasteiger partial charge in [0.2, 0.25) is 11.8 Å². The van der Waals surface area contributed by atoms with Gasteiger partial charge in [0.15, 0.2) is 25.9 Å². The van der Waals surface area contributed by atoms with Crippen molar-refractivity contribution < 1.29 is 28.4 Å². The monoisotopic (exact) mass is 666 g/mol. The van der Waals surface area contributed by atoms with Gasteiger partial charge in [-0.1, -0.05) is 23.2 Å². The number of carbonyl (C=O) groups is 2. The Bertz CT molecular complexity index is 1420. The van der Waals surface area contributed by atoms with Crippen LogP contribution in [0, 0.1) is 11.6 Å². The van der Waals surface area contributed by atoms with Crippen molar-refractivity contribution in [1.29, 1.82) is 0 Å². The largest absolute Gasteiger partial charge is 0.490 e. The first-order chi connectivity index (χ1) is 17.8. The highest BCUT2D eigenvalue weighted by molar-refractivity contribution is 9.11. The molecule has 38 heavy (non-hydrogen) atoms. The minimum absolute atomic E-state index is 0.0214. The Kier molecular flexibility index (Phi) is 12.6. The van der Waals surface area contributed by atoms with Crippen LogP contribution in [0.4, 0.5) is 20.4 Å². The van der Waals surface area contributed by atoms with E-state index in [1.54, 1.807) is 10.8 Å². The summed E-state index contributed by atoms with van der Waals surface area (Å²) < 4.78 is 26.5. The second kappa shape index (κ2) is 15.1. The number of anilines is 2. The van der Waals surface area contributed by atoms with Gasteiger partial charge in [-0.25, -0.2) is 28.7 Å². The van der Waals surface area contributed by atoms with Crippen molar-refractivity contribution in [3.63, 3.8) is 0 Å². The van der Waals surface area contributed by atoms with E-state index in [1.165, 1.54) is 48.8 Å². The van der Waals surface area contributed by atoms with Crippen LogP contribution in [-0.4, -0.2) is 48.9 Å². The van der Waals surface area contributed by atoms with Gasteiger partial charge >= 0.3 is 7.12 Å². The van der Waals surface area contributed by atoms with Gasteiger partial charge in [0.05, 0.1) is 0 Å². The fourth-order valence-corrected chi connectivity index (χ4v) is 4.13. The third-order valence-corrected chi connectivity index (χ3v) is 6.56. The van der Waals surface area contributed by atoms with Crippen LogP contribution < -0.4 is 16.1 Å². The van der Waals surface area contributed by atoms with Crippen molar-refractivity contribution in [1.82, 2.24) is 19.9 Å². The Morgan fingerprint density at radius 3 is 1.92 bits per heavy atom. The molecule has 10 nitrogen and oxygen atoms in total. The first-order valence-electron chi connectivity index (χ1n) is 9.96. The van der Waals surface area contributed by atoms with Crippen LogP contribution in [0.3, 0.4) is 0 Å². The highest BCUT2D eigenvalue weighted by Crippen LogP contribution is 2.27. The number of carbonyl (C=O) groups excluding carboxylic acids is 2. The molecule has 4 heterocycles. The molecule has 0 saturated carbocycles. The lowest BCUT2D eigenvalue weighted by Crippen LogP contribution is -2.30. The summed E-state index contributed by atoms with van der Waals surface area (Å²) in [6.45, 7) is 2.84. The molecule has 0 aliphatic carbocycles. The molecule has 0 unspecified atom stereocenters. The SMILES string of the molecule is CC(=O)Nc1csc(-c2cnc(Cl)c(F)c2)n1.CC(=O)Nc1csc(Br)n1.OB(O)c1cnc(Cl)c(F)c1. The predicted molar refractivity (Wildman–Crippen MR) is 148 cm³/mol. The Morgan fingerprint density at radius 1 is 0.921 bits per heavy atom. The van der Waals surface area contributed by atoms with Gasteiger partial charge in [0.1, 0.15) is 16.6 Å². The summed E-state index contributed by atoms with van der Waals surface area (Å²) in [5, 5.41) is 25.7. The summed E-state index contributed by atoms with van der Waals surface area (Å²) in [5.74, 6) is -0.630. The normalized spacial score (nSPS) is 9.92. The number of halogens is 5. The molecule has 18 heteroatoms. The van der Waals surface area contributed by atoms with Crippen LogP contribution >= 0.6 is 61.8 Å². The van der Waals surface area contributed by atoms with Gasteiger partial charge in [-0.05, 0) is 28.1 Å². The minimum atomic E-state index is -1.71. The maximum absolute atomic E-state index is 13.2. The molecule has 4 N–H and O–H groups in total. The summed E-state index contributed by atoms with van der Waals surface area (Å²) in [5.41, 5.74) is 0.500. The Balaban J connectivity index is 0.000000211. The lowest BCUT2D eigenvalue weighted by Gasteiger charge is -1.98. The highest BCUT2D eigenvalue weighted by atomic mass is 79.9. The number of rotatable bonds is 4. The molecule has 0 spiro atoms. The van der Waals surface area contributed by atoms with Crippen molar-refractivity contribution in [2.75, 3.05) is 10.6 Å². The molecule has 200 valence electrons. The fourth-order valence-electron chi connectivity index (χ4n) is 2.25. The second-order valence-corrected chi connectivity index (χ2v) is 10.5. The van der Waals surface area contributed by atoms with E-state index in [1.807, 2.05) is 0 Å². The van der Waals surface area contributed by atoms with E-state index in [0.717, 1.165) is 16.2 Å². The number of aromatic nitrogens is 4. The molecule has 0 radical (unpaired) electrons. The van der Waals surface area contributed by atoms with Crippen LogP contribution in [0.2, 0.25) is 10.3 Å². The average Bonchev–Trinajstić information content (AvgIpc) is 3.46. The summed E-state index contributed by atoms with van der Waals surface area (Å²) in [4.78, 5) is 36.4. The van der Waals surface area contributed by atoms with E-state index < -0.39 is 18.8 Å². The number of hydrogen-bond acceptors (Lipinski definition) is 10. The molecule has 0 fully saturated rings. The number of thiazole rings is 2. The molecule has 0 bridgehead atoms. The topological polar surface area (TPSA) is 150 Å². The predicted octanol–water partition coefficient (Wildman–Crippen LogP) is 4.37. The molecule has 0 saturated heterocycles. The first-order valence-corrected chi connectivity index (χ1v) is 13.3. The Morgan fingerprint density at radius 2 is 1.45 bits per heavy atom. The molecule has 0 aliphatic rings. The Labute approximate surface area is 241 Å². The lowest BCUT2D eigenvalue weighted by atomic mass is 9.82. The Hall–Kier alpha value is -2.60. The zero-order chi connectivity index (χ0) is 28.4. The van der Waals surface area contributed by atoms with Crippen molar-refractivity contribution in [2.24, 2.45) is 0 Å². The van der Waals surface area contributed by atoms with E-state index in [-0.39, 0.29) is 27.6 Å². The molecule has 0 aliphatic heterocycles. The standard InChI is InChI=1S/C10H7ClFN3OS.C5H4BClFNO2.C5H5BrN2OS/c1-5(16)14-8-4-17-10(15-8)6-2-7(12)9(11)13-3-6;7-5-4(8)1-3(2-9-5)6(10)11;1-3(9)7-4-2-10-5(6)8-4/h2-4H,1H3,(H,14,16);1-2,10-11H;2H,1H3,(H,7,9). The van der Waals surface area contributed by atoms with E-state index in [2.05, 4.69) is 46.5 Å². The third kappa shape index (κ3) is 10.6. The average molecular weight is 668 g/mol.